The van der Waals surface area contributed by atoms with Gasteiger partial charge < -0.3 is 4.98 Å². The van der Waals surface area contributed by atoms with Crippen LogP contribution in [0, 0.1) is 0 Å². The van der Waals surface area contributed by atoms with Crippen LogP contribution in [0.1, 0.15) is 30.0 Å². The van der Waals surface area contributed by atoms with Crippen molar-refractivity contribution in [2.45, 2.75) is 25.4 Å². The van der Waals surface area contributed by atoms with E-state index in [-0.39, 0.29) is 11.6 Å². The number of nitrogens with one attached hydrogen (secondary N) is 1. The van der Waals surface area contributed by atoms with Gasteiger partial charge >= 0.3 is 0 Å². The average Bonchev–Trinajstić information content (AvgIpc) is 2.88. The highest BCUT2D eigenvalue weighted by Gasteiger charge is 2.27. The average molecular weight is 254 g/mol. The Balaban J connectivity index is 1.83. The van der Waals surface area contributed by atoms with Gasteiger partial charge in [-0.25, -0.2) is 0 Å². The van der Waals surface area contributed by atoms with Crippen LogP contribution in [0.25, 0.3) is 0 Å². The van der Waals surface area contributed by atoms with Crippen molar-refractivity contribution in [2.75, 3.05) is 6.54 Å². The Labute approximate surface area is 112 Å². The summed E-state index contributed by atoms with van der Waals surface area (Å²) in [4.78, 5) is 17.1. The second-order valence-corrected chi connectivity index (χ2v) is 5.07. The van der Waals surface area contributed by atoms with E-state index in [4.69, 9.17) is 0 Å². The van der Waals surface area contributed by atoms with E-state index in [0.29, 0.717) is 0 Å². The Hall–Kier alpha value is -1.87. The summed E-state index contributed by atoms with van der Waals surface area (Å²) in [5, 5.41) is 0. The van der Waals surface area contributed by atoms with Gasteiger partial charge in [0.1, 0.15) is 0 Å². The molecule has 3 nitrogen and oxygen atoms in total. The molecule has 2 heterocycles. The van der Waals surface area contributed by atoms with Crippen molar-refractivity contribution in [3.8, 4) is 0 Å². The van der Waals surface area contributed by atoms with Crippen LogP contribution in [0.3, 0.4) is 0 Å². The smallest absolute Gasteiger partial charge is 0.252 e. The number of likely N-dealkylation sites (tertiary alicyclic amines) is 1. The third-order valence-electron chi connectivity index (χ3n) is 3.80. The van der Waals surface area contributed by atoms with Gasteiger partial charge in [0.15, 0.2) is 0 Å². The molecular formula is C16H18N2O. The van der Waals surface area contributed by atoms with Crippen molar-refractivity contribution in [3.63, 3.8) is 0 Å². The molecule has 0 saturated carbocycles. The zero-order chi connectivity index (χ0) is 13.1. The lowest BCUT2D eigenvalue weighted by molar-refractivity contribution is 0.247. The first-order valence-electron chi connectivity index (χ1n) is 6.80. The van der Waals surface area contributed by atoms with Crippen LogP contribution < -0.4 is 5.56 Å². The van der Waals surface area contributed by atoms with Gasteiger partial charge in [-0.15, -0.1) is 0 Å². The molecule has 3 rings (SSSR count). The summed E-state index contributed by atoms with van der Waals surface area (Å²) >= 11 is 0. The molecule has 19 heavy (non-hydrogen) atoms. The minimum absolute atomic E-state index is 0.0486. The standard InChI is InChI=1S/C16H18N2O/c19-16-14(8-4-10-17-16)15-9-5-11-18(15)12-13-6-2-1-3-7-13/h1-4,6-8,10,15H,5,9,11-12H2,(H,17,19)/t15-/m1/s1. The molecule has 1 aromatic heterocycles. The number of hydrogen-bond donors (Lipinski definition) is 1. The highest BCUT2D eigenvalue weighted by molar-refractivity contribution is 5.18. The van der Waals surface area contributed by atoms with Crippen molar-refractivity contribution in [3.05, 3.63) is 70.1 Å². The van der Waals surface area contributed by atoms with Crippen LogP contribution >= 0.6 is 0 Å². The molecule has 0 aliphatic carbocycles. The van der Waals surface area contributed by atoms with Gasteiger partial charge in [0.25, 0.3) is 5.56 Å². The van der Waals surface area contributed by atoms with Crippen molar-refractivity contribution >= 4 is 0 Å². The van der Waals surface area contributed by atoms with Gasteiger partial charge in [-0.3, -0.25) is 9.69 Å². The fourth-order valence-corrected chi connectivity index (χ4v) is 2.88. The van der Waals surface area contributed by atoms with Gasteiger partial charge in [-0.1, -0.05) is 36.4 Å². The maximum absolute atomic E-state index is 11.9. The van der Waals surface area contributed by atoms with Gasteiger partial charge in [0.05, 0.1) is 0 Å². The molecule has 1 aliphatic rings. The van der Waals surface area contributed by atoms with Crippen molar-refractivity contribution < 1.29 is 0 Å². The quantitative estimate of drug-likeness (QED) is 0.914. The molecule has 1 saturated heterocycles. The fraction of sp³-hybridized carbons (Fsp3) is 0.312. The van der Waals surface area contributed by atoms with Gasteiger partial charge in [0, 0.05) is 24.3 Å². The Morgan fingerprint density at radius 1 is 1.16 bits per heavy atom. The third kappa shape index (κ3) is 2.61. The van der Waals surface area contributed by atoms with E-state index < -0.39 is 0 Å². The number of hydrogen-bond acceptors (Lipinski definition) is 2. The molecule has 98 valence electrons. The Morgan fingerprint density at radius 2 is 2.00 bits per heavy atom. The van der Waals surface area contributed by atoms with E-state index in [0.717, 1.165) is 31.5 Å². The van der Waals surface area contributed by atoms with E-state index in [1.807, 2.05) is 18.2 Å². The Bertz CT molecular complexity index is 591. The van der Waals surface area contributed by atoms with Gasteiger partial charge in [-0.05, 0) is 31.0 Å². The highest BCUT2D eigenvalue weighted by atomic mass is 16.1. The van der Waals surface area contributed by atoms with Crippen LogP contribution in [0.15, 0.2) is 53.5 Å². The van der Waals surface area contributed by atoms with Gasteiger partial charge in [-0.2, -0.15) is 0 Å². The molecule has 0 spiro atoms. The lowest BCUT2D eigenvalue weighted by atomic mass is 10.1. The summed E-state index contributed by atoms with van der Waals surface area (Å²) in [6.07, 6.45) is 3.92. The fourth-order valence-electron chi connectivity index (χ4n) is 2.88. The van der Waals surface area contributed by atoms with Crippen molar-refractivity contribution in [1.82, 2.24) is 9.88 Å². The molecule has 2 aromatic rings. The van der Waals surface area contributed by atoms with Crippen LogP contribution in [0.2, 0.25) is 0 Å². The van der Waals surface area contributed by atoms with Crippen LogP contribution in [-0.2, 0) is 6.54 Å². The van der Waals surface area contributed by atoms with Crippen LogP contribution in [-0.4, -0.2) is 16.4 Å². The molecule has 0 unspecified atom stereocenters. The number of pyridine rings is 1. The normalized spacial score (nSPS) is 19.7. The van der Waals surface area contributed by atoms with Crippen molar-refractivity contribution in [2.24, 2.45) is 0 Å². The zero-order valence-corrected chi connectivity index (χ0v) is 10.9. The number of rotatable bonds is 3. The molecule has 0 bridgehead atoms. The minimum atomic E-state index is 0.0486. The second-order valence-electron chi connectivity index (χ2n) is 5.07. The first-order chi connectivity index (χ1) is 9.34. The molecular weight excluding hydrogens is 236 g/mol. The maximum Gasteiger partial charge on any atom is 0.252 e. The number of benzene rings is 1. The molecule has 1 aliphatic heterocycles. The second kappa shape index (κ2) is 5.41. The number of H-pyrrole nitrogens is 1. The SMILES string of the molecule is O=c1[nH]cccc1[C@H]1CCCN1Cc1ccccc1. The van der Waals surface area contributed by atoms with E-state index in [1.54, 1.807) is 6.20 Å². The topological polar surface area (TPSA) is 36.1 Å². The minimum Gasteiger partial charge on any atom is -0.329 e. The lowest BCUT2D eigenvalue weighted by Gasteiger charge is -2.24. The predicted molar refractivity (Wildman–Crippen MR) is 75.9 cm³/mol. The number of nitrogens with zero attached hydrogens (tertiary/aromatic N) is 1. The summed E-state index contributed by atoms with van der Waals surface area (Å²) in [6.45, 7) is 1.98. The molecule has 1 atom stereocenters. The number of aromatic nitrogens is 1. The molecule has 1 fully saturated rings. The summed E-state index contributed by atoms with van der Waals surface area (Å²) < 4.78 is 0. The van der Waals surface area contributed by atoms with E-state index in [2.05, 4.69) is 34.1 Å². The highest BCUT2D eigenvalue weighted by Crippen LogP contribution is 2.31. The first-order valence-corrected chi connectivity index (χ1v) is 6.80. The van der Waals surface area contributed by atoms with Gasteiger partial charge in [0.2, 0.25) is 0 Å². The van der Waals surface area contributed by atoms with E-state index in [9.17, 15) is 4.79 Å². The summed E-state index contributed by atoms with van der Waals surface area (Å²) in [6, 6.07) is 14.6. The molecule has 1 N–H and O–H groups in total. The molecule has 0 radical (unpaired) electrons. The predicted octanol–water partition coefficient (Wildman–Crippen LogP) is 2.71. The maximum atomic E-state index is 11.9. The Kier molecular flexibility index (Phi) is 3.47. The van der Waals surface area contributed by atoms with E-state index in [1.165, 1.54) is 5.56 Å². The molecule has 1 aromatic carbocycles. The third-order valence-corrected chi connectivity index (χ3v) is 3.80. The lowest BCUT2D eigenvalue weighted by Crippen LogP contribution is -2.27. The summed E-state index contributed by atoms with van der Waals surface area (Å²) in [5.74, 6) is 0. The van der Waals surface area contributed by atoms with Crippen molar-refractivity contribution in [1.29, 1.82) is 0 Å². The monoisotopic (exact) mass is 254 g/mol. The summed E-state index contributed by atoms with van der Waals surface area (Å²) in [7, 11) is 0. The van der Waals surface area contributed by atoms with E-state index >= 15 is 0 Å². The zero-order valence-electron chi connectivity index (χ0n) is 10.9. The summed E-state index contributed by atoms with van der Waals surface area (Å²) in [5.41, 5.74) is 2.25. The molecule has 3 heteroatoms. The largest absolute Gasteiger partial charge is 0.329 e. The van der Waals surface area contributed by atoms with Crippen LogP contribution in [0.4, 0.5) is 0 Å². The Morgan fingerprint density at radius 3 is 2.79 bits per heavy atom. The molecule has 0 amide bonds. The first kappa shape index (κ1) is 12.2. The number of aromatic amines is 1. The van der Waals surface area contributed by atoms with Crippen LogP contribution in [0.5, 0.6) is 0 Å².